The summed E-state index contributed by atoms with van der Waals surface area (Å²) < 4.78 is 54.1. The van der Waals surface area contributed by atoms with Crippen LogP contribution in [0.5, 0.6) is 0 Å². The molecule has 0 radical (unpaired) electrons. The standard InChI is InChI=1S/C25H30F4N2O2/c1-16(32)31-22(10-17-8-20(28)12-21(29)9-17)23(33)13-30-25(6-7-25)19-5-3-4-18(11-19)24(2,14-26)15-27/h3-5,8-9,11-12,22-23,30,33H,6-7,10,13-15H2,1-2H3,(H,31,32)/t22-,23+/m0/s1. The number of rotatable bonds is 11. The molecule has 0 heterocycles. The first-order valence-electron chi connectivity index (χ1n) is 11.0. The summed E-state index contributed by atoms with van der Waals surface area (Å²) in [5, 5.41) is 16.8. The molecule has 0 saturated heterocycles. The third-order valence-corrected chi connectivity index (χ3v) is 6.33. The number of carbonyl (C=O) groups excluding carboxylic acids is 1. The molecule has 2 atom stereocenters. The average molecular weight is 467 g/mol. The fourth-order valence-electron chi connectivity index (χ4n) is 4.04. The predicted octanol–water partition coefficient (Wildman–Crippen LogP) is 3.85. The molecule has 0 bridgehead atoms. The fraction of sp³-hybridized carbons (Fsp3) is 0.480. The predicted molar refractivity (Wildman–Crippen MR) is 118 cm³/mol. The van der Waals surface area contributed by atoms with Crippen LogP contribution in [0.2, 0.25) is 0 Å². The van der Waals surface area contributed by atoms with Gasteiger partial charge in [0.1, 0.15) is 25.0 Å². The van der Waals surface area contributed by atoms with E-state index >= 15 is 0 Å². The third-order valence-electron chi connectivity index (χ3n) is 6.33. The van der Waals surface area contributed by atoms with E-state index in [-0.39, 0.29) is 18.9 Å². The highest BCUT2D eigenvalue weighted by molar-refractivity contribution is 5.73. The highest BCUT2D eigenvalue weighted by Crippen LogP contribution is 2.46. The monoisotopic (exact) mass is 466 g/mol. The Bertz CT molecular complexity index is 956. The number of carbonyl (C=O) groups is 1. The number of amides is 1. The molecule has 4 nitrogen and oxygen atoms in total. The zero-order chi connectivity index (χ0) is 24.2. The molecule has 8 heteroatoms. The van der Waals surface area contributed by atoms with Gasteiger partial charge < -0.3 is 15.7 Å². The Morgan fingerprint density at radius 1 is 1.12 bits per heavy atom. The Hall–Kier alpha value is -2.45. The van der Waals surface area contributed by atoms with E-state index in [0.29, 0.717) is 11.1 Å². The van der Waals surface area contributed by atoms with Gasteiger partial charge in [-0.1, -0.05) is 31.2 Å². The van der Waals surface area contributed by atoms with Crippen LogP contribution in [0, 0.1) is 11.6 Å². The van der Waals surface area contributed by atoms with Crippen LogP contribution in [0.25, 0.3) is 0 Å². The van der Waals surface area contributed by atoms with Crippen molar-refractivity contribution in [1.82, 2.24) is 10.6 Å². The first-order chi connectivity index (χ1) is 15.6. The Morgan fingerprint density at radius 3 is 2.30 bits per heavy atom. The number of halogens is 4. The molecule has 0 aromatic heterocycles. The van der Waals surface area contributed by atoms with Crippen molar-refractivity contribution >= 4 is 5.91 Å². The summed E-state index contributed by atoms with van der Waals surface area (Å²) in [4.78, 5) is 11.7. The molecule has 0 spiro atoms. The van der Waals surface area contributed by atoms with E-state index in [2.05, 4.69) is 10.6 Å². The van der Waals surface area contributed by atoms with Gasteiger partial charge in [-0.15, -0.1) is 0 Å². The van der Waals surface area contributed by atoms with Gasteiger partial charge in [0.05, 0.1) is 12.1 Å². The van der Waals surface area contributed by atoms with E-state index in [1.807, 2.05) is 6.07 Å². The van der Waals surface area contributed by atoms with Crippen LogP contribution >= 0.6 is 0 Å². The Kier molecular flexibility index (Phi) is 7.80. The van der Waals surface area contributed by atoms with Crippen molar-refractivity contribution in [3.05, 3.63) is 70.8 Å². The maximum Gasteiger partial charge on any atom is 0.217 e. The zero-order valence-electron chi connectivity index (χ0n) is 18.8. The van der Waals surface area contributed by atoms with Gasteiger partial charge in [0.2, 0.25) is 5.91 Å². The summed E-state index contributed by atoms with van der Waals surface area (Å²) >= 11 is 0. The van der Waals surface area contributed by atoms with Gasteiger partial charge in [-0.25, -0.2) is 8.78 Å². The maximum atomic E-state index is 13.6. The second-order valence-corrected chi connectivity index (χ2v) is 9.23. The van der Waals surface area contributed by atoms with E-state index in [4.69, 9.17) is 0 Å². The summed E-state index contributed by atoms with van der Waals surface area (Å²) in [5.74, 6) is -1.84. The van der Waals surface area contributed by atoms with E-state index in [1.165, 1.54) is 26.0 Å². The van der Waals surface area contributed by atoms with Gasteiger partial charge in [-0.3, -0.25) is 13.6 Å². The van der Waals surface area contributed by atoms with Gasteiger partial charge in [0, 0.05) is 30.5 Å². The van der Waals surface area contributed by atoms with Crippen molar-refractivity contribution in [2.24, 2.45) is 0 Å². The van der Waals surface area contributed by atoms with E-state index in [1.54, 1.807) is 18.2 Å². The van der Waals surface area contributed by atoms with E-state index in [9.17, 15) is 27.5 Å². The topological polar surface area (TPSA) is 61.4 Å². The van der Waals surface area contributed by atoms with Crippen LogP contribution in [0.3, 0.4) is 0 Å². The molecule has 180 valence electrons. The molecule has 0 unspecified atom stereocenters. The minimum atomic E-state index is -1.21. The van der Waals surface area contributed by atoms with Crippen molar-refractivity contribution in [3.63, 3.8) is 0 Å². The van der Waals surface area contributed by atoms with Crippen molar-refractivity contribution < 1.29 is 27.5 Å². The molecule has 0 aliphatic heterocycles. The number of nitrogens with one attached hydrogen (secondary N) is 2. The normalized spacial score (nSPS) is 16.8. The lowest BCUT2D eigenvalue weighted by molar-refractivity contribution is -0.120. The number of hydrogen-bond acceptors (Lipinski definition) is 3. The largest absolute Gasteiger partial charge is 0.390 e. The Labute approximate surface area is 191 Å². The molecular formula is C25H30F4N2O2. The van der Waals surface area contributed by atoms with Crippen LogP contribution in [-0.2, 0) is 22.2 Å². The number of aliphatic hydroxyl groups is 1. The fourth-order valence-corrected chi connectivity index (χ4v) is 4.04. The molecule has 2 aromatic rings. The van der Waals surface area contributed by atoms with Crippen LogP contribution < -0.4 is 10.6 Å². The van der Waals surface area contributed by atoms with Gasteiger partial charge in [-0.2, -0.15) is 0 Å². The smallest absolute Gasteiger partial charge is 0.217 e. The third kappa shape index (κ3) is 6.12. The molecule has 3 rings (SSSR count). The van der Waals surface area contributed by atoms with Crippen LogP contribution in [0.15, 0.2) is 42.5 Å². The van der Waals surface area contributed by atoms with Gasteiger partial charge in [0.15, 0.2) is 0 Å². The Morgan fingerprint density at radius 2 is 1.76 bits per heavy atom. The van der Waals surface area contributed by atoms with Crippen molar-refractivity contribution in [1.29, 1.82) is 0 Å². The highest BCUT2D eigenvalue weighted by atomic mass is 19.1. The maximum absolute atomic E-state index is 13.6. The summed E-state index contributed by atoms with van der Waals surface area (Å²) in [6, 6.07) is 9.48. The van der Waals surface area contributed by atoms with Crippen molar-refractivity contribution in [3.8, 4) is 0 Å². The first kappa shape index (κ1) is 25.2. The van der Waals surface area contributed by atoms with Gasteiger partial charge in [-0.05, 0) is 48.1 Å². The lowest BCUT2D eigenvalue weighted by Crippen LogP contribution is -2.49. The summed E-state index contributed by atoms with van der Waals surface area (Å²) in [7, 11) is 0. The van der Waals surface area contributed by atoms with E-state index < -0.39 is 48.1 Å². The van der Waals surface area contributed by atoms with Gasteiger partial charge in [0.25, 0.3) is 0 Å². The van der Waals surface area contributed by atoms with Crippen LogP contribution in [0.1, 0.15) is 43.4 Å². The van der Waals surface area contributed by atoms with Crippen molar-refractivity contribution in [2.75, 3.05) is 19.9 Å². The molecule has 1 fully saturated rings. The SMILES string of the molecule is CC(=O)N[C@@H](Cc1cc(F)cc(F)c1)[C@H](O)CNC1(c2cccc(C(C)(CF)CF)c2)CC1. The molecule has 1 amide bonds. The molecule has 3 N–H and O–H groups in total. The summed E-state index contributed by atoms with van der Waals surface area (Å²) in [6.07, 6.45) is 0.573. The average Bonchev–Trinajstić information content (AvgIpc) is 3.57. The lowest BCUT2D eigenvalue weighted by atomic mass is 9.83. The van der Waals surface area contributed by atoms with Gasteiger partial charge >= 0.3 is 0 Å². The molecule has 1 aliphatic carbocycles. The van der Waals surface area contributed by atoms with Crippen LogP contribution in [0.4, 0.5) is 17.6 Å². The number of hydrogen-bond donors (Lipinski definition) is 3. The number of aliphatic hydroxyl groups excluding tert-OH is 1. The van der Waals surface area contributed by atoms with Crippen LogP contribution in [-0.4, -0.2) is 43.1 Å². The quantitative estimate of drug-likeness (QED) is 0.441. The molecule has 1 aliphatic rings. The highest BCUT2D eigenvalue weighted by Gasteiger charge is 2.45. The minimum Gasteiger partial charge on any atom is -0.390 e. The van der Waals surface area contributed by atoms with E-state index in [0.717, 1.165) is 24.5 Å². The molecule has 1 saturated carbocycles. The summed E-state index contributed by atoms with van der Waals surface area (Å²) in [6.45, 7) is 1.32. The number of benzene rings is 2. The first-order valence-corrected chi connectivity index (χ1v) is 11.0. The molecule has 33 heavy (non-hydrogen) atoms. The minimum absolute atomic E-state index is 0.0466. The lowest BCUT2D eigenvalue weighted by Gasteiger charge is -2.28. The van der Waals surface area contributed by atoms with Crippen molar-refractivity contribution in [2.45, 2.75) is 56.2 Å². The Balaban J connectivity index is 1.72. The second-order valence-electron chi connectivity index (χ2n) is 9.23. The molecule has 2 aromatic carbocycles. The summed E-state index contributed by atoms with van der Waals surface area (Å²) in [5.41, 5.74) is 0.126. The second kappa shape index (κ2) is 10.2. The number of alkyl halides is 2. The zero-order valence-corrected chi connectivity index (χ0v) is 18.8. The molecular weight excluding hydrogens is 436 g/mol.